The maximum atomic E-state index is 9.75. The van der Waals surface area contributed by atoms with Crippen molar-refractivity contribution in [3.8, 4) is 0 Å². The molecule has 0 aliphatic heterocycles. The van der Waals surface area contributed by atoms with E-state index in [1.807, 2.05) is 18.2 Å². The molecule has 19 heavy (non-hydrogen) atoms. The molecule has 0 radical (unpaired) electrons. The molecule has 0 bridgehead atoms. The van der Waals surface area contributed by atoms with Gasteiger partial charge >= 0.3 is 0 Å². The number of hydrogen-bond donors (Lipinski definition) is 1. The van der Waals surface area contributed by atoms with Crippen molar-refractivity contribution >= 4 is 0 Å². The van der Waals surface area contributed by atoms with Crippen LogP contribution in [0.25, 0.3) is 0 Å². The van der Waals surface area contributed by atoms with E-state index in [4.69, 9.17) is 4.74 Å². The summed E-state index contributed by atoms with van der Waals surface area (Å²) in [6.45, 7) is 5.57. The van der Waals surface area contributed by atoms with Crippen LogP contribution < -0.4 is 0 Å². The summed E-state index contributed by atoms with van der Waals surface area (Å²) in [7, 11) is 0. The van der Waals surface area contributed by atoms with Gasteiger partial charge in [-0.15, -0.1) is 0 Å². The number of aliphatic hydroxyl groups excluding tert-OH is 1. The van der Waals surface area contributed by atoms with E-state index in [9.17, 15) is 5.11 Å². The van der Waals surface area contributed by atoms with Crippen LogP contribution in [0.3, 0.4) is 0 Å². The Bertz CT molecular complexity index is 353. The number of benzene rings is 1. The lowest BCUT2D eigenvalue weighted by Gasteiger charge is -2.08. The van der Waals surface area contributed by atoms with E-state index < -0.39 is 0 Å². The van der Waals surface area contributed by atoms with Gasteiger partial charge in [-0.25, -0.2) is 0 Å². The Morgan fingerprint density at radius 1 is 1.21 bits per heavy atom. The summed E-state index contributed by atoms with van der Waals surface area (Å²) < 4.78 is 5.61. The number of hydrogen-bond acceptors (Lipinski definition) is 2. The van der Waals surface area contributed by atoms with Gasteiger partial charge in [-0.1, -0.05) is 42.0 Å². The van der Waals surface area contributed by atoms with Gasteiger partial charge in [-0.3, -0.25) is 0 Å². The first-order valence-electron chi connectivity index (χ1n) is 7.11. The standard InChI is InChI=1S/C17H26O2/c1-15(2)11-12-17(18)10-6-7-13-19-14-16-8-4-3-5-9-16/h3-5,8-9,11,17-18H,6-7,10,12-14H2,1-2H3/t17-/m0/s1. The van der Waals surface area contributed by atoms with Gasteiger partial charge in [0, 0.05) is 6.61 Å². The van der Waals surface area contributed by atoms with Gasteiger partial charge in [0.25, 0.3) is 0 Å². The molecule has 1 N–H and O–H groups in total. The monoisotopic (exact) mass is 262 g/mol. The zero-order valence-corrected chi connectivity index (χ0v) is 12.1. The van der Waals surface area contributed by atoms with Crippen molar-refractivity contribution in [1.29, 1.82) is 0 Å². The van der Waals surface area contributed by atoms with Crippen LogP contribution in [0.2, 0.25) is 0 Å². The molecule has 0 saturated carbocycles. The quantitative estimate of drug-likeness (QED) is 0.536. The molecular weight excluding hydrogens is 236 g/mol. The number of ether oxygens (including phenoxy) is 1. The minimum atomic E-state index is -0.205. The van der Waals surface area contributed by atoms with E-state index in [-0.39, 0.29) is 6.10 Å². The fourth-order valence-electron chi connectivity index (χ4n) is 1.84. The third-order valence-electron chi connectivity index (χ3n) is 2.99. The highest BCUT2D eigenvalue weighted by Gasteiger charge is 2.01. The molecule has 0 amide bonds. The Morgan fingerprint density at radius 2 is 1.95 bits per heavy atom. The minimum Gasteiger partial charge on any atom is -0.393 e. The van der Waals surface area contributed by atoms with Gasteiger partial charge < -0.3 is 9.84 Å². The Labute approximate surface area is 117 Å². The predicted molar refractivity (Wildman–Crippen MR) is 80.0 cm³/mol. The molecule has 0 aliphatic carbocycles. The van der Waals surface area contributed by atoms with E-state index in [1.54, 1.807) is 0 Å². The molecule has 106 valence electrons. The van der Waals surface area contributed by atoms with Crippen LogP contribution in [-0.2, 0) is 11.3 Å². The third kappa shape index (κ3) is 8.57. The molecule has 0 saturated heterocycles. The van der Waals surface area contributed by atoms with Crippen LogP contribution in [0, 0.1) is 0 Å². The first kappa shape index (κ1) is 15.9. The molecular formula is C17H26O2. The molecule has 0 aromatic heterocycles. The molecule has 0 spiro atoms. The summed E-state index contributed by atoms with van der Waals surface area (Å²) in [4.78, 5) is 0. The molecule has 2 nitrogen and oxygen atoms in total. The fourth-order valence-corrected chi connectivity index (χ4v) is 1.84. The predicted octanol–water partition coefficient (Wildman–Crippen LogP) is 4.09. The minimum absolute atomic E-state index is 0.205. The Balaban J connectivity index is 1.98. The lowest BCUT2D eigenvalue weighted by molar-refractivity contribution is 0.109. The molecule has 1 aromatic carbocycles. The SMILES string of the molecule is CC(C)=CC[C@@H](O)CCCCOCc1ccccc1. The lowest BCUT2D eigenvalue weighted by atomic mass is 10.1. The smallest absolute Gasteiger partial charge is 0.0716 e. The second kappa shape index (κ2) is 9.76. The molecule has 1 rings (SSSR count). The Hall–Kier alpha value is -1.12. The van der Waals surface area contributed by atoms with E-state index in [0.717, 1.165) is 32.3 Å². The highest BCUT2D eigenvalue weighted by molar-refractivity contribution is 5.13. The number of aliphatic hydroxyl groups is 1. The second-order valence-electron chi connectivity index (χ2n) is 5.20. The van der Waals surface area contributed by atoms with Crippen molar-refractivity contribution in [3.05, 3.63) is 47.5 Å². The van der Waals surface area contributed by atoms with E-state index in [0.29, 0.717) is 6.61 Å². The van der Waals surface area contributed by atoms with Crippen molar-refractivity contribution < 1.29 is 9.84 Å². The van der Waals surface area contributed by atoms with Gasteiger partial charge in [-0.05, 0) is 45.1 Å². The van der Waals surface area contributed by atoms with Crippen LogP contribution in [-0.4, -0.2) is 17.8 Å². The largest absolute Gasteiger partial charge is 0.393 e. The highest BCUT2D eigenvalue weighted by atomic mass is 16.5. The molecule has 0 fully saturated rings. The molecule has 2 heteroatoms. The van der Waals surface area contributed by atoms with Crippen molar-refractivity contribution in [3.63, 3.8) is 0 Å². The van der Waals surface area contributed by atoms with E-state index in [2.05, 4.69) is 32.1 Å². The summed E-state index contributed by atoms with van der Waals surface area (Å²) in [5, 5.41) is 9.75. The van der Waals surface area contributed by atoms with Crippen molar-refractivity contribution in [2.24, 2.45) is 0 Å². The summed E-state index contributed by atoms with van der Waals surface area (Å²) in [5.74, 6) is 0. The van der Waals surface area contributed by atoms with Gasteiger partial charge in [-0.2, -0.15) is 0 Å². The normalized spacial score (nSPS) is 12.2. The maximum absolute atomic E-state index is 9.75. The topological polar surface area (TPSA) is 29.5 Å². The van der Waals surface area contributed by atoms with Gasteiger partial charge in [0.1, 0.15) is 0 Å². The van der Waals surface area contributed by atoms with Crippen LogP contribution in [0.1, 0.15) is 45.1 Å². The number of unbranched alkanes of at least 4 members (excludes halogenated alkanes) is 1. The molecule has 0 unspecified atom stereocenters. The van der Waals surface area contributed by atoms with Gasteiger partial charge in [0.2, 0.25) is 0 Å². The van der Waals surface area contributed by atoms with Gasteiger partial charge in [0.05, 0.1) is 12.7 Å². The van der Waals surface area contributed by atoms with Crippen LogP contribution in [0.4, 0.5) is 0 Å². The first-order chi connectivity index (χ1) is 9.18. The highest BCUT2D eigenvalue weighted by Crippen LogP contribution is 2.08. The van der Waals surface area contributed by atoms with Crippen LogP contribution in [0.5, 0.6) is 0 Å². The second-order valence-corrected chi connectivity index (χ2v) is 5.20. The molecule has 1 aromatic rings. The summed E-state index contributed by atoms with van der Waals surface area (Å²) >= 11 is 0. The first-order valence-corrected chi connectivity index (χ1v) is 7.11. The zero-order chi connectivity index (χ0) is 13.9. The number of rotatable bonds is 9. The van der Waals surface area contributed by atoms with Crippen molar-refractivity contribution in [2.45, 2.75) is 52.2 Å². The third-order valence-corrected chi connectivity index (χ3v) is 2.99. The fraction of sp³-hybridized carbons (Fsp3) is 0.529. The maximum Gasteiger partial charge on any atom is 0.0716 e. The molecule has 1 atom stereocenters. The van der Waals surface area contributed by atoms with E-state index >= 15 is 0 Å². The zero-order valence-electron chi connectivity index (χ0n) is 12.1. The van der Waals surface area contributed by atoms with Crippen LogP contribution in [0.15, 0.2) is 42.0 Å². The summed E-state index contributed by atoms with van der Waals surface area (Å²) in [6, 6.07) is 10.2. The van der Waals surface area contributed by atoms with Crippen molar-refractivity contribution in [2.75, 3.05) is 6.61 Å². The van der Waals surface area contributed by atoms with Crippen molar-refractivity contribution in [1.82, 2.24) is 0 Å². The lowest BCUT2D eigenvalue weighted by Crippen LogP contribution is -2.05. The Kier molecular flexibility index (Phi) is 8.19. The summed E-state index contributed by atoms with van der Waals surface area (Å²) in [6.07, 6.45) is 5.55. The average Bonchev–Trinajstić information content (AvgIpc) is 2.41. The Morgan fingerprint density at radius 3 is 2.63 bits per heavy atom. The average molecular weight is 262 g/mol. The molecule has 0 aliphatic rings. The van der Waals surface area contributed by atoms with Gasteiger partial charge in [0.15, 0.2) is 0 Å². The summed E-state index contributed by atoms with van der Waals surface area (Å²) in [5.41, 5.74) is 2.48. The van der Waals surface area contributed by atoms with E-state index in [1.165, 1.54) is 11.1 Å². The van der Waals surface area contributed by atoms with Crippen LogP contribution >= 0.6 is 0 Å². The number of allylic oxidation sites excluding steroid dienone is 1. The molecule has 0 heterocycles.